The van der Waals surface area contributed by atoms with E-state index in [1.165, 1.54) is 38.8 Å². The van der Waals surface area contributed by atoms with Gasteiger partial charge in [0, 0.05) is 25.7 Å². The predicted molar refractivity (Wildman–Crippen MR) is 77.4 cm³/mol. The molecule has 1 N–H and O–H groups in total. The number of halogens is 1. The molecule has 2 atom stereocenters. The van der Waals surface area contributed by atoms with Crippen molar-refractivity contribution in [3.63, 3.8) is 0 Å². The van der Waals surface area contributed by atoms with E-state index in [4.69, 9.17) is 11.6 Å². The fourth-order valence-electron chi connectivity index (χ4n) is 3.59. The van der Waals surface area contributed by atoms with Gasteiger partial charge in [-0.25, -0.2) is 0 Å². The van der Waals surface area contributed by atoms with E-state index in [0.717, 1.165) is 23.0 Å². The van der Waals surface area contributed by atoms with Crippen LogP contribution in [0.3, 0.4) is 0 Å². The van der Waals surface area contributed by atoms with Crippen molar-refractivity contribution in [3.05, 3.63) is 16.4 Å². The number of aromatic nitrogens is 2. The van der Waals surface area contributed by atoms with E-state index in [-0.39, 0.29) is 0 Å². The third kappa shape index (κ3) is 2.54. The van der Waals surface area contributed by atoms with Crippen molar-refractivity contribution in [1.82, 2.24) is 20.0 Å². The van der Waals surface area contributed by atoms with Crippen LogP contribution in [-0.4, -0.2) is 39.9 Å². The molecule has 0 aromatic carbocycles. The zero-order valence-corrected chi connectivity index (χ0v) is 12.6. The van der Waals surface area contributed by atoms with Crippen LogP contribution in [0.4, 0.5) is 0 Å². The maximum Gasteiger partial charge on any atom is 0.0860 e. The first-order valence-electron chi connectivity index (χ1n) is 7.32. The van der Waals surface area contributed by atoms with Gasteiger partial charge in [-0.15, -0.1) is 0 Å². The summed E-state index contributed by atoms with van der Waals surface area (Å²) in [5.74, 6) is 0. The smallest absolute Gasteiger partial charge is 0.0860 e. The Morgan fingerprint density at radius 3 is 2.84 bits per heavy atom. The monoisotopic (exact) mass is 282 g/mol. The average Bonchev–Trinajstić information content (AvgIpc) is 3.08. The molecule has 3 rings (SSSR count). The molecule has 2 unspecified atom stereocenters. The van der Waals surface area contributed by atoms with Crippen LogP contribution in [0.15, 0.2) is 0 Å². The van der Waals surface area contributed by atoms with Crippen LogP contribution >= 0.6 is 11.6 Å². The van der Waals surface area contributed by atoms with Gasteiger partial charge >= 0.3 is 0 Å². The van der Waals surface area contributed by atoms with E-state index in [2.05, 4.69) is 15.3 Å². The van der Waals surface area contributed by atoms with E-state index >= 15 is 0 Å². The molecule has 106 valence electrons. The minimum Gasteiger partial charge on any atom is -0.312 e. The van der Waals surface area contributed by atoms with Crippen molar-refractivity contribution in [3.8, 4) is 0 Å². The third-order valence-electron chi connectivity index (χ3n) is 4.59. The number of nitrogens with zero attached hydrogens (tertiary/aromatic N) is 3. The standard InChI is InChI=1S/C14H23ClN4/c1-10-14(15)13(18(2)17-10)9-19-8-4-6-12(19)11-5-3-7-16-11/h11-12,16H,3-9H2,1-2H3. The molecule has 0 amide bonds. The lowest BCUT2D eigenvalue weighted by molar-refractivity contribution is 0.202. The van der Waals surface area contributed by atoms with Crippen LogP contribution in [0.25, 0.3) is 0 Å². The van der Waals surface area contributed by atoms with Crippen LogP contribution in [0.5, 0.6) is 0 Å². The van der Waals surface area contributed by atoms with Gasteiger partial charge in [-0.2, -0.15) is 5.10 Å². The van der Waals surface area contributed by atoms with Crippen LogP contribution in [0.2, 0.25) is 5.02 Å². The lowest BCUT2D eigenvalue weighted by Gasteiger charge is -2.29. The summed E-state index contributed by atoms with van der Waals surface area (Å²) in [7, 11) is 1.99. The molecule has 5 heteroatoms. The molecular formula is C14H23ClN4. The number of rotatable bonds is 3. The van der Waals surface area contributed by atoms with E-state index < -0.39 is 0 Å². The van der Waals surface area contributed by atoms with Crippen molar-refractivity contribution < 1.29 is 0 Å². The molecule has 1 aromatic rings. The Balaban J connectivity index is 1.74. The van der Waals surface area contributed by atoms with Crippen molar-refractivity contribution in [2.75, 3.05) is 13.1 Å². The second kappa shape index (κ2) is 5.43. The lowest BCUT2D eigenvalue weighted by atomic mass is 10.0. The van der Waals surface area contributed by atoms with E-state index in [9.17, 15) is 0 Å². The molecule has 0 aliphatic carbocycles. The normalized spacial score (nSPS) is 28.4. The highest BCUT2D eigenvalue weighted by atomic mass is 35.5. The van der Waals surface area contributed by atoms with Crippen molar-refractivity contribution >= 4 is 11.6 Å². The summed E-state index contributed by atoms with van der Waals surface area (Å²) < 4.78 is 1.94. The molecule has 3 heterocycles. The summed E-state index contributed by atoms with van der Waals surface area (Å²) in [5, 5.41) is 8.91. The largest absolute Gasteiger partial charge is 0.312 e. The molecule has 1 aromatic heterocycles. The molecule has 2 aliphatic heterocycles. The second-order valence-corrected chi connectivity index (χ2v) is 6.23. The molecule has 0 radical (unpaired) electrons. The van der Waals surface area contributed by atoms with Gasteiger partial charge in [-0.05, 0) is 45.7 Å². The summed E-state index contributed by atoms with van der Waals surface area (Å²) >= 11 is 6.37. The van der Waals surface area contributed by atoms with E-state index in [1.54, 1.807) is 0 Å². The average molecular weight is 283 g/mol. The Hall–Kier alpha value is -0.580. The van der Waals surface area contributed by atoms with Crippen molar-refractivity contribution in [2.24, 2.45) is 7.05 Å². The number of hydrogen-bond acceptors (Lipinski definition) is 3. The maximum atomic E-state index is 6.37. The fourth-order valence-corrected chi connectivity index (χ4v) is 3.81. The van der Waals surface area contributed by atoms with Crippen molar-refractivity contribution in [1.29, 1.82) is 0 Å². The molecule has 2 saturated heterocycles. The SMILES string of the molecule is Cc1nn(C)c(CN2CCCC2C2CCCN2)c1Cl. The molecule has 0 bridgehead atoms. The number of likely N-dealkylation sites (tertiary alicyclic amines) is 1. The van der Waals surface area contributed by atoms with Gasteiger partial charge in [0.2, 0.25) is 0 Å². The Morgan fingerprint density at radius 1 is 1.37 bits per heavy atom. The van der Waals surface area contributed by atoms with Gasteiger partial charge in [-0.3, -0.25) is 9.58 Å². The van der Waals surface area contributed by atoms with Gasteiger partial charge in [0.05, 0.1) is 16.4 Å². The minimum absolute atomic E-state index is 0.675. The van der Waals surface area contributed by atoms with E-state index in [0.29, 0.717) is 12.1 Å². The highest BCUT2D eigenvalue weighted by Crippen LogP contribution is 2.28. The summed E-state index contributed by atoms with van der Waals surface area (Å²) in [5.41, 5.74) is 2.10. The first-order chi connectivity index (χ1) is 9.16. The van der Waals surface area contributed by atoms with Crippen LogP contribution in [-0.2, 0) is 13.6 Å². The fraction of sp³-hybridized carbons (Fsp3) is 0.786. The Morgan fingerprint density at radius 2 is 2.21 bits per heavy atom. The molecule has 4 nitrogen and oxygen atoms in total. The number of nitrogens with one attached hydrogen (secondary N) is 1. The minimum atomic E-state index is 0.675. The van der Waals surface area contributed by atoms with Crippen LogP contribution in [0, 0.1) is 6.92 Å². The highest BCUT2D eigenvalue weighted by Gasteiger charge is 2.33. The molecule has 2 aliphatic rings. The summed E-state index contributed by atoms with van der Waals surface area (Å²) in [4.78, 5) is 2.59. The van der Waals surface area contributed by atoms with Gasteiger partial charge < -0.3 is 5.32 Å². The topological polar surface area (TPSA) is 33.1 Å². The lowest BCUT2D eigenvalue weighted by Crippen LogP contribution is -2.43. The molecule has 0 spiro atoms. The predicted octanol–water partition coefficient (Wildman–Crippen LogP) is 2.10. The summed E-state index contributed by atoms with van der Waals surface area (Å²) in [6, 6.07) is 1.35. The Kier molecular flexibility index (Phi) is 3.83. The van der Waals surface area contributed by atoms with Crippen LogP contribution < -0.4 is 5.32 Å². The molecular weight excluding hydrogens is 260 g/mol. The third-order valence-corrected chi connectivity index (χ3v) is 5.08. The summed E-state index contributed by atoms with van der Waals surface area (Å²) in [6.45, 7) is 5.27. The number of aryl methyl sites for hydroxylation is 2. The highest BCUT2D eigenvalue weighted by molar-refractivity contribution is 6.31. The molecule has 19 heavy (non-hydrogen) atoms. The van der Waals surface area contributed by atoms with Gasteiger partial charge in [0.1, 0.15) is 0 Å². The molecule has 2 fully saturated rings. The summed E-state index contributed by atoms with van der Waals surface area (Å²) in [6.07, 6.45) is 5.25. The second-order valence-electron chi connectivity index (χ2n) is 5.85. The van der Waals surface area contributed by atoms with Crippen molar-refractivity contribution in [2.45, 2.75) is 51.2 Å². The Bertz CT molecular complexity index is 451. The molecule has 0 saturated carbocycles. The zero-order chi connectivity index (χ0) is 13.4. The number of hydrogen-bond donors (Lipinski definition) is 1. The first-order valence-corrected chi connectivity index (χ1v) is 7.70. The van der Waals surface area contributed by atoms with Gasteiger partial charge in [0.15, 0.2) is 0 Å². The van der Waals surface area contributed by atoms with E-state index in [1.807, 2.05) is 18.7 Å². The first kappa shape index (κ1) is 13.4. The van der Waals surface area contributed by atoms with Gasteiger partial charge in [0.25, 0.3) is 0 Å². The Labute approximate surface area is 120 Å². The zero-order valence-electron chi connectivity index (χ0n) is 11.8. The quantitative estimate of drug-likeness (QED) is 0.922. The maximum absolute atomic E-state index is 6.37. The van der Waals surface area contributed by atoms with Gasteiger partial charge in [-0.1, -0.05) is 11.6 Å². The van der Waals surface area contributed by atoms with Crippen LogP contribution in [0.1, 0.15) is 37.1 Å².